The van der Waals surface area contributed by atoms with Gasteiger partial charge in [0.2, 0.25) is 0 Å². The highest BCUT2D eigenvalue weighted by atomic mass is 14.6. The molecule has 0 aliphatic carbocycles. The van der Waals surface area contributed by atoms with Gasteiger partial charge in [0.25, 0.3) is 0 Å². The van der Waals surface area contributed by atoms with Crippen molar-refractivity contribution < 1.29 is 0 Å². The van der Waals surface area contributed by atoms with Gasteiger partial charge in [-0.15, -0.1) is 0 Å². The first-order chi connectivity index (χ1) is 10.1. The van der Waals surface area contributed by atoms with Crippen LogP contribution in [-0.4, -0.2) is 4.98 Å². The predicted molar refractivity (Wildman–Crippen MR) is 90.9 cm³/mol. The third-order valence-corrected chi connectivity index (χ3v) is 3.69. The fourth-order valence-corrected chi connectivity index (χ4v) is 2.58. The normalized spacial score (nSPS) is 11.8. The Hall–Kier alpha value is -2.61. The minimum atomic E-state index is 0.813. The van der Waals surface area contributed by atoms with Crippen molar-refractivity contribution in [2.75, 3.05) is 5.73 Å². The summed E-state index contributed by atoms with van der Waals surface area (Å²) in [4.78, 5) is 4.41. The molecule has 2 nitrogen and oxygen atoms in total. The standard InChI is InChI=1S/C19H18N2/c1-13-7-8-15(18(20)11-13)12-14(2)16-9-10-21-19-6-4-3-5-17(16)19/h3-12H,20H2,1-2H3. The Balaban J connectivity index is 2.11. The van der Waals surface area contributed by atoms with Crippen LogP contribution in [0.3, 0.4) is 0 Å². The first kappa shape index (κ1) is 13.4. The van der Waals surface area contributed by atoms with Crippen molar-refractivity contribution in [1.82, 2.24) is 4.98 Å². The third kappa shape index (κ3) is 2.65. The van der Waals surface area contributed by atoms with Crippen molar-refractivity contribution in [2.45, 2.75) is 13.8 Å². The molecule has 0 spiro atoms. The summed E-state index contributed by atoms with van der Waals surface area (Å²) in [7, 11) is 0. The average molecular weight is 274 g/mol. The lowest BCUT2D eigenvalue weighted by molar-refractivity contribution is 1.40. The van der Waals surface area contributed by atoms with E-state index in [1.807, 2.05) is 37.4 Å². The van der Waals surface area contributed by atoms with Gasteiger partial charge in [0, 0.05) is 17.3 Å². The van der Waals surface area contributed by atoms with Crippen LogP contribution in [0, 0.1) is 6.92 Å². The van der Waals surface area contributed by atoms with E-state index in [1.54, 1.807) is 0 Å². The number of nitrogens with zero attached hydrogens (tertiary/aromatic N) is 1. The van der Waals surface area contributed by atoms with Gasteiger partial charge in [-0.1, -0.05) is 30.3 Å². The number of rotatable bonds is 2. The molecular weight excluding hydrogens is 256 g/mol. The molecule has 3 rings (SSSR count). The minimum absolute atomic E-state index is 0.813. The van der Waals surface area contributed by atoms with Gasteiger partial charge in [-0.05, 0) is 60.4 Å². The number of aromatic nitrogens is 1. The molecular formula is C19H18N2. The van der Waals surface area contributed by atoms with Gasteiger partial charge >= 0.3 is 0 Å². The van der Waals surface area contributed by atoms with E-state index in [0.29, 0.717) is 0 Å². The number of allylic oxidation sites excluding steroid dienone is 1. The Bertz CT molecular complexity index is 827. The van der Waals surface area contributed by atoms with E-state index >= 15 is 0 Å². The van der Waals surface area contributed by atoms with Crippen LogP contribution in [0.15, 0.2) is 54.7 Å². The van der Waals surface area contributed by atoms with Crippen LogP contribution in [0.1, 0.15) is 23.6 Å². The van der Waals surface area contributed by atoms with Crippen LogP contribution >= 0.6 is 0 Å². The summed E-state index contributed by atoms with van der Waals surface area (Å²) in [6.07, 6.45) is 3.99. The first-order valence-corrected chi connectivity index (χ1v) is 7.04. The second-order valence-electron chi connectivity index (χ2n) is 5.34. The molecule has 0 unspecified atom stereocenters. The van der Waals surface area contributed by atoms with Crippen molar-refractivity contribution in [2.24, 2.45) is 0 Å². The molecule has 0 saturated heterocycles. The highest BCUT2D eigenvalue weighted by Gasteiger charge is 2.04. The van der Waals surface area contributed by atoms with Gasteiger partial charge in [0.05, 0.1) is 5.52 Å². The lowest BCUT2D eigenvalue weighted by atomic mass is 9.99. The molecule has 2 aromatic carbocycles. The van der Waals surface area contributed by atoms with Crippen molar-refractivity contribution >= 4 is 28.2 Å². The first-order valence-electron chi connectivity index (χ1n) is 7.04. The largest absolute Gasteiger partial charge is 0.398 e. The van der Waals surface area contributed by atoms with E-state index in [0.717, 1.165) is 16.8 Å². The van der Waals surface area contributed by atoms with Crippen LogP contribution in [0.5, 0.6) is 0 Å². The molecule has 1 heterocycles. The molecule has 0 aliphatic rings. The molecule has 2 heteroatoms. The summed E-state index contributed by atoms with van der Waals surface area (Å²) < 4.78 is 0. The van der Waals surface area contributed by atoms with Gasteiger partial charge < -0.3 is 5.73 Å². The molecule has 1 aromatic heterocycles. The van der Waals surface area contributed by atoms with Gasteiger partial charge in [0.1, 0.15) is 0 Å². The number of anilines is 1. The SMILES string of the molecule is CC(=Cc1ccc(C)cc1N)c1ccnc2ccccc12. The maximum Gasteiger partial charge on any atom is 0.0708 e. The molecule has 2 N–H and O–H groups in total. The van der Waals surface area contributed by atoms with Crippen LogP contribution < -0.4 is 5.73 Å². The monoisotopic (exact) mass is 274 g/mol. The Labute approximate surface area is 124 Å². The molecule has 0 radical (unpaired) electrons. The quantitative estimate of drug-likeness (QED) is 0.689. The third-order valence-electron chi connectivity index (χ3n) is 3.69. The molecule has 21 heavy (non-hydrogen) atoms. The van der Waals surface area contributed by atoms with Crippen LogP contribution in [0.25, 0.3) is 22.6 Å². The van der Waals surface area contributed by atoms with E-state index in [9.17, 15) is 0 Å². The summed E-state index contributed by atoms with van der Waals surface area (Å²) >= 11 is 0. The number of para-hydroxylation sites is 1. The summed E-state index contributed by atoms with van der Waals surface area (Å²) in [6, 6.07) is 16.4. The topological polar surface area (TPSA) is 38.9 Å². The van der Waals surface area contributed by atoms with Gasteiger partial charge in [-0.25, -0.2) is 0 Å². The number of nitrogen functional groups attached to an aromatic ring is 1. The Morgan fingerprint density at radius 1 is 1.10 bits per heavy atom. The van der Waals surface area contributed by atoms with Crippen LogP contribution in [-0.2, 0) is 0 Å². The van der Waals surface area contributed by atoms with Crippen molar-refractivity contribution in [3.8, 4) is 0 Å². The summed E-state index contributed by atoms with van der Waals surface area (Å²) in [5, 5.41) is 1.17. The molecule has 0 saturated carbocycles. The van der Waals surface area contributed by atoms with E-state index < -0.39 is 0 Å². The molecule has 0 fully saturated rings. The Kier molecular flexibility index (Phi) is 3.44. The van der Waals surface area contributed by atoms with E-state index in [1.165, 1.54) is 22.1 Å². The zero-order chi connectivity index (χ0) is 14.8. The van der Waals surface area contributed by atoms with Crippen LogP contribution in [0.4, 0.5) is 5.69 Å². The van der Waals surface area contributed by atoms with Crippen LogP contribution in [0.2, 0.25) is 0 Å². The Morgan fingerprint density at radius 3 is 2.71 bits per heavy atom. The predicted octanol–water partition coefficient (Wildman–Crippen LogP) is 4.69. The molecule has 3 aromatic rings. The molecule has 0 aliphatic heterocycles. The number of aryl methyl sites for hydroxylation is 1. The van der Waals surface area contributed by atoms with Crippen molar-refractivity contribution in [1.29, 1.82) is 0 Å². The number of pyridine rings is 1. The second-order valence-corrected chi connectivity index (χ2v) is 5.34. The fraction of sp³-hybridized carbons (Fsp3) is 0.105. The number of nitrogens with two attached hydrogens (primary N) is 1. The smallest absolute Gasteiger partial charge is 0.0708 e. The van der Waals surface area contributed by atoms with E-state index in [4.69, 9.17) is 5.73 Å². The number of hydrogen-bond acceptors (Lipinski definition) is 2. The van der Waals surface area contributed by atoms with Crippen molar-refractivity contribution in [3.63, 3.8) is 0 Å². The fourth-order valence-electron chi connectivity index (χ4n) is 2.58. The second kappa shape index (κ2) is 5.41. The van der Waals surface area contributed by atoms with Gasteiger partial charge in [0.15, 0.2) is 0 Å². The minimum Gasteiger partial charge on any atom is -0.398 e. The molecule has 104 valence electrons. The summed E-state index contributed by atoms with van der Waals surface area (Å²) in [5.74, 6) is 0. The summed E-state index contributed by atoms with van der Waals surface area (Å²) in [6.45, 7) is 4.16. The molecule has 0 atom stereocenters. The zero-order valence-electron chi connectivity index (χ0n) is 12.3. The average Bonchev–Trinajstić information content (AvgIpc) is 2.49. The number of benzene rings is 2. The highest BCUT2D eigenvalue weighted by Crippen LogP contribution is 2.26. The van der Waals surface area contributed by atoms with E-state index in [2.05, 4.69) is 42.2 Å². The molecule has 0 amide bonds. The zero-order valence-corrected chi connectivity index (χ0v) is 12.3. The van der Waals surface area contributed by atoms with Crippen molar-refractivity contribution in [3.05, 3.63) is 71.4 Å². The summed E-state index contributed by atoms with van der Waals surface area (Å²) in [5.41, 5.74) is 12.5. The lowest BCUT2D eigenvalue weighted by Gasteiger charge is -2.08. The molecule has 0 bridgehead atoms. The maximum absolute atomic E-state index is 6.10. The van der Waals surface area contributed by atoms with Gasteiger partial charge in [-0.3, -0.25) is 4.98 Å². The maximum atomic E-state index is 6.10. The lowest BCUT2D eigenvalue weighted by Crippen LogP contribution is -1.91. The number of hydrogen-bond donors (Lipinski definition) is 1. The van der Waals surface area contributed by atoms with Gasteiger partial charge in [-0.2, -0.15) is 0 Å². The number of fused-ring (bicyclic) bond motifs is 1. The van der Waals surface area contributed by atoms with E-state index in [-0.39, 0.29) is 0 Å². The Morgan fingerprint density at radius 2 is 1.90 bits per heavy atom. The highest BCUT2D eigenvalue weighted by molar-refractivity contribution is 5.96.